The highest BCUT2D eigenvalue weighted by Gasteiger charge is 2.36. The quantitative estimate of drug-likeness (QED) is 0.816. The largest absolute Gasteiger partial charge is 0.476 e. The third kappa shape index (κ3) is 3.09. The van der Waals surface area contributed by atoms with Gasteiger partial charge in [-0.15, -0.1) is 0 Å². The number of carboxylic acids is 1. The van der Waals surface area contributed by atoms with E-state index >= 15 is 0 Å². The van der Waals surface area contributed by atoms with Crippen molar-refractivity contribution in [3.05, 3.63) is 11.4 Å². The zero-order valence-corrected chi connectivity index (χ0v) is 12.8. The van der Waals surface area contributed by atoms with Crippen molar-refractivity contribution >= 4 is 16.0 Å². The predicted molar refractivity (Wildman–Crippen MR) is 73.6 cm³/mol. The summed E-state index contributed by atoms with van der Waals surface area (Å²) in [4.78, 5) is 10.9. The number of aromatic nitrogens is 2. The first-order chi connectivity index (χ1) is 9.87. The molecule has 0 radical (unpaired) electrons. The van der Waals surface area contributed by atoms with Crippen molar-refractivity contribution in [2.24, 2.45) is 5.92 Å². The summed E-state index contributed by atoms with van der Waals surface area (Å²) < 4.78 is 31.8. The molecule has 1 unspecified atom stereocenters. The Balaban J connectivity index is 2.34. The first kappa shape index (κ1) is 15.9. The van der Waals surface area contributed by atoms with Gasteiger partial charge in [-0.3, -0.25) is 5.10 Å². The maximum Gasteiger partial charge on any atom is 0.357 e. The molecule has 2 N–H and O–H groups in total. The van der Waals surface area contributed by atoms with E-state index < -0.39 is 21.7 Å². The molecule has 118 valence electrons. The van der Waals surface area contributed by atoms with Crippen molar-refractivity contribution < 1.29 is 23.1 Å². The van der Waals surface area contributed by atoms with E-state index in [2.05, 4.69) is 10.2 Å². The average Bonchev–Trinajstić information content (AvgIpc) is 2.82. The van der Waals surface area contributed by atoms with E-state index in [0.717, 1.165) is 12.8 Å². The lowest BCUT2D eigenvalue weighted by molar-refractivity contribution is 0.0685. The summed E-state index contributed by atoms with van der Waals surface area (Å²) in [5, 5.41) is 15.1. The Morgan fingerprint density at radius 2 is 2.29 bits per heavy atom. The van der Waals surface area contributed by atoms with Crippen LogP contribution >= 0.6 is 0 Å². The Hall–Kier alpha value is -1.45. The Labute approximate surface area is 123 Å². The zero-order valence-electron chi connectivity index (χ0n) is 12.0. The Morgan fingerprint density at radius 1 is 1.57 bits per heavy atom. The van der Waals surface area contributed by atoms with Crippen molar-refractivity contribution in [2.45, 2.75) is 24.7 Å². The van der Waals surface area contributed by atoms with Gasteiger partial charge in [-0.2, -0.15) is 9.40 Å². The SMILES string of the molecule is COCC1CCCN(S(=O)(=O)c2c(C(=O)O)n[nH]c2C)C1. The van der Waals surface area contributed by atoms with Gasteiger partial charge in [-0.05, 0) is 25.7 Å². The molecule has 1 saturated heterocycles. The van der Waals surface area contributed by atoms with Gasteiger partial charge < -0.3 is 9.84 Å². The minimum Gasteiger partial charge on any atom is -0.476 e. The second-order valence-electron chi connectivity index (χ2n) is 5.16. The molecular formula is C12H19N3O5S. The molecule has 21 heavy (non-hydrogen) atoms. The van der Waals surface area contributed by atoms with E-state index in [0.29, 0.717) is 19.7 Å². The number of aryl methyl sites for hydroxylation is 1. The summed E-state index contributed by atoms with van der Waals surface area (Å²) >= 11 is 0. The Kier molecular flexibility index (Phi) is 4.64. The Morgan fingerprint density at radius 3 is 2.90 bits per heavy atom. The fourth-order valence-electron chi connectivity index (χ4n) is 2.63. The number of ether oxygens (including phenoxy) is 1. The van der Waals surface area contributed by atoms with Crippen LogP contribution in [0.4, 0.5) is 0 Å². The van der Waals surface area contributed by atoms with Crippen LogP contribution in [0, 0.1) is 12.8 Å². The molecule has 0 bridgehead atoms. The molecule has 1 aliphatic heterocycles. The molecule has 1 fully saturated rings. The minimum atomic E-state index is -3.87. The summed E-state index contributed by atoms with van der Waals surface area (Å²) in [5.74, 6) is -1.23. The van der Waals surface area contributed by atoms with E-state index in [4.69, 9.17) is 9.84 Å². The standard InChI is InChI=1S/C12H19N3O5S/c1-8-11(10(12(16)17)14-13-8)21(18,19)15-5-3-4-9(6-15)7-20-2/h9H,3-7H2,1-2H3,(H,13,14)(H,16,17). The number of carbonyl (C=O) groups is 1. The third-order valence-corrected chi connectivity index (χ3v) is 5.60. The van der Waals surface area contributed by atoms with Gasteiger partial charge in [-0.1, -0.05) is 0 Å². The van der Waals surface area contributed by atoms with Gasteiger partial charge >= 0.3 is 5.97 Å². The fourth-order valence-corrected chi connectivity index (χ4v) is 4.47. The summed E-state index contributed by atoms with van der Waals surface area (Å²) in [6.07, 6.45) is 1.63. The topological polar surface area (TPSA) is 113 Å². The van der Waals surface area contributed by atoms with E-state index in [1.807, 2.05) is 0 Å². The van der Waals surface area contributed by atoms with Crippen LogP contribution in [0.2, 0.25) is 0 Å². The second-order valence-corrected chi connectivity index (χ2v) is 7.03. The van der Waals surface area contributed by atoms with Crippen LogP contribution < -0.4 is 0 Å². The van der Waals surface area contributed by atoms with E-state index in [-0.39, 0.29) is 16.5 Å². The molecule has 2 heterocycles. The number of carboxylic acid groups (broad SMARTS) is 1. The Bertz CT molecular complexity index is 623. The number of piperidine rings is 1. The molecule has 1 aliphatic rings. The van der Waals surface area contributed by atoms with Gasteiger partial charge in [0.1, 0.15) is 4.90 Å². The molecule has 0 saturated carbocycles. The summed E-state index contributed by atoms with van der Waals surface area (Å²) in [7, 11) is -2.29. The number of H-pyrrole nitrogens is 1. The van der Waals surface area contributed by atoms with Crippen LogP contribution in [0.5, 0.6) is 0 Å². The number of nitrogens with zero attached hydrogens (tertiary/aromatic N) is 2. The van der Waals surface area contributed by atoms with Gasteiger partial charge in [-0.25, -0.2) is 13.2 Å². The highest BCUT2D eigenvalue weighted by Crippen LogP contribution is 2.27. The highest BCUT2D eigenvalue weighted by atomic mass is 32.2. The number of methoxy groups -OCH3 is 1. The zero-order chi connectivity index (χ0) is 15.6. The number of hydrogen-bond acceptors (Lipinski definition) is 5. The lowest BCUT2D eigenvalue weighted by atomic mass is 10.0. The minimum absolute atomic E-state index is 0.124. The molecule has 1 atom stereocenters. The van der Waals surface area contributed by atoms with E-state index in [9.17, 15) is 13.2 Å². The normalized spacial score (nSPS) is 20.6. The van der Waals surface area contributed by atoms with Crippen molar-refractivity contribution in [2.75, 3.05) is 26.8 Å². The maximum atomic E-state index is 12.7. The average molecular weight is 317 g/mol. The number of hydrogen-bond donors (Lipinski definition) is 2. The van der Waals surface area contributed by atoms with Crippen molar-refractivity contribution in [1.82, 2.24) is 14.5 Å². The van der Waals surface area contributed by atoms with Crippen molar-refractivity contribution in [1.29, 1.82) is 0 Å². The molecule has 9 heteroatoms. The first-order valence-electron chi connectivity index (χ1n) is 6.65. The molecule has 0 spiro atoms. The van der Waals surface area contributed by atoms with Gasteiger partial charge in [0.15, 0.2) is 5.69 Å². The van der Waals surface area contributed by atoms with Crippen molar-refractivity contribution in [3.8, 4) is 0 Å². The highest BCUT2D eigenvalue weighted by molar-refractivity contribution is 7.89. The monoisotopic (exact) mass is 317 g/mol. The number of aromatic carboxylic acids is 1. The predicted octanol–water partition coefficient (Wildman–Crippen LogP) is 0.463. The number of nitrogens with one attached hydrogen (secondary N) is 1. The molecule has 0 aromatic carbocycles. The summed E-state index contributed by atoms with van der Waals surface area (Å²) in [6, 6.07) is 0. The molecule has 2 rings (SSSR count). The van der Waals surface area contributed by atoms with Gasteiger partial charge in [0.2, 0.25) is 10.0 Å². The first-order valence-corrected chi connectivity index (χ1v) is 8.09. The van der Waals surface area contributed by atoms with Crippen molar-refractivity contribution in [3.63, 3.8) is 0 Å². The lowest BCUT2D eigenvalue weighted by Gasteiger charge is -2.31. The number of rotatable bonds is 5. The van der Waals surface area contributed by atoms with E-state index in [1.54, 1.807) is 7.11 Å². The van der Waals surface area contributed by atoms with E-state index in [1.165, 1.54) is 11.2 Å². The summed E-state index contributed by atoms with van der Waals surface area (Å²) in [5.41, 5.74) is -0.220. The van der Waals surface area contributed by atoms with Crippen LogP contribution in [-0.2, 0) is 14.8 Å². The molecule has 0 amide bonds. The molecule has 1 aromatic heterocycles. The summed E-state index contributed by atoms with van der Waals surface area (Å²) in [6.45, 7) is 2.71. The molecule has 1 aromatic rings. The van der Waals surface area contributed by atoms with Gasteiger partial charge in [0, 0.05) is 20.2 Å². The number of aromatic amines is 1. The van der Waals surface area contributed by atoms with Crippen LogP contribution in [0.15, 0.2) is 4.90 Å². The van der Waals surface area contributed by atoms with Gasteiger partial charge in [0.05, 0.1) is 12.3 Å². The van der Waals surface area contributed by atoms with Crippen LogP contribution in [0.1, 0.15) is 29.0 Å². The van der Waals surface area contributed by atoms with Crippen LogP contribution in [-0.4, -0.2) is 60.8 Å². The third-order valence-electron chi connectivity index (χ3n) is 3.58. The van der Waals surface area contributed by atoms with Crippen LogP contribution in [0.3, 0.4) is 0 Å². The fraction of sp³-hybridized carbons (Fsp3) is 0.667. The lowest BCUT2D eigenvalue weighted by Crippen LogP contribution is -2.41. The van der Waals surface area contributed by atoms with Gasteiger partial charge in [0.25, 0.3) is 0 Å². The molecular weight excluding hydrogens is 298 g/mol. The molecule has 0 aliphatic carbocycles. The maximum absolute atomic E-state index is 12.7. The second kappa shape index (κ2) is 6.12. The number of sulfonamides is 1. The smallest absolute Gasteiger partial charge is 0.357 e. The molecule has 8 nitrogen and oxygen atoms in total. The van der Waals surface area contributed by atoms with Crippen LogP contribution in [0.25, 0.3) is 0 Å².